The molecule has 5 heteroatoms. The first-order valence-electron chi connectivity index (χ1n) is 4.01. The van der Waals surface area contributed by atoms with Crippen LogP contribution in [0.4, 0.5) is 0 Å². The summed E-state index contributed by atoms with van der Waals surface area (Å²) >= 11 is 0. The Morgan fingerprint density at radius 2 is 2.07 bits per heavy atom. The lowest BCUT2D eigenvalue weighted by Gasteiger charge is -1.97. The number of hydrogen-bond acceptors (Lipinski definition) is 4. The molecule has 0 spiro atoms. The Bertz CT molecular complexity index is 510. The molecule has 1 aromatic heterocycles. The standard InChI is InChI=1S/C9H7N3O2/c1-5-2-3-6-7(4-5)10-8(9(13)14)12-11-6/h2-4H,1H3,(H,13,14). The van der Waals surface area contributed by atoms with Crippen LogP contribution in [0.5, 0.6) is 0 Å². The second-order valence-corrected chi connectivity index (χ2v) is 2.93. The SMILES string of the molecule is Cc1ccc2nnc(C(=O)O)nc2c1. The van der Waals surface area contributed by atoms with Crippen molar-refractivity contribution in [1.82, 2.24) is 15.2 Å². The van der Waals surface area contributed by atoms with Gasteiger partial charge < -0.3 is 5.11 Å². The van der Waals surface area contributed by atoms with E-state index >= 15 is 0 Å². The van der Waals surface area contributed by atoms with Crippen molar-refractivity contribution in [3.63, 3.8) is 0 Å². The summed E-state index contributed by atoms with van der Waals surface area (Å²) in [4.78, 5) is 14.4. The summed E-state index contributed by atoms with van der Waals surface area (Å²) in [6.45, 7) is 1.90. The van der Waals surface area contributed by atoms with E-state index in [1.54, 1.807) is 12.1 Å². The maximum atomic E-state index is 10.6. The van der Waals surface area contributed by atoms with Crippen LogP contribution in [0.1, 0.15) is 16.2 Å². The van der Waals surface area contributed by atoms with Crippen LogP contribution in [0.15, 0.2) is 18.2 Å². The molecule has 0 aliphatic heterocycles. The summed E-state index contributed by atoms with van der Waals surface area (Å²) < 4.78 is 0. The first-order valence-corrected chi connectivity index (χ1v) is 4.01. The maximum Gasteiger partial charge on any atom is 0.375 e. The summed E-state index contributed by atoms with van der Waals surface area (Å²) in [5, 5.41) is 15.9. The Labute approximate surface area is 79.4 Å². The second kappa shape index (κ2) is 3.02. The van der Waals surface area contributed by atoms with Crippen molar-refractivity contribution in [2.24, 2.45) is 0 Å². The topological polar surface area (TPSA) is 76.0 Å². The number of carboxylic acid groups (broad SMARTS) is 1. The number of aryl methyl sites for hydroxylation is 1. The number of rotatable bonds is 1. The number of hydrogen-bond donors (Lipinski definition) is 1. The highest BCUT2D eigenvalue weighted by Crippen LogP contribution is 2.09. The molecule has 1 N–H and O–H groups in total. The van der Waals surface area contributed by atoms with Gasteiger partial charge in [0.25, 0.3) is 5.82 Å². The molecule has 2 aromatic rings. The second-order valence-electron chi connectivity index (χ2n) is 2.93. The molecule has 0 aliphatic carbocycles. The molecule has 0 bridgehead atoms. The number of aromatic nitrogens is 3. The molecule has 14 heavy (non-hydrogen) atoms. The van der Waals surface area contributed by atoms with E-state index in [-0.39, 0.29) is 5.82 Å². The van der Waals surface area contributed by atoms with Crippen LogP contribution in [-0.4, -0.2) is 26.3 Å². The fourth-order valence-corrected chi connectivity index (χ4v) is 1.14. The predicted molar refractivity (Wildman–Crippen MR) is 49.0 cm³/mol. The average molecular weight is 189 g/mol. The fourth-order valence-electron chi connectivity index (χ4n) is 1.14. The lowest BCUT2D eigenvalue weighted by Crippen LogP contribution is -2.05. The average Bonchev–Trinajstić information content (AvgIpc) is 2.16. The predicted octanol–water partition coefficient (Wildman–Crippen LogP) is 1.03. The van der Waals surface area contributed by atoms with Crippen molar-refractivity contribution < 1.29 is 9.90 Å². The molecule has 0 saturated heterocycles. The number of fused-ring (bicyclic) bond motifs is 1. The number of aromatic carboxylic acids is 1. The molecule has 1 heterocycles. The van der Waals surface area contributed by atoms with E-state index in [0.29, 0.717) is 11.0 Å². The molecule has 0 atom stereocenters. The van der Waals surface area contributed by atoms with Crippen LogP contribution < -0.4 is 0 Å². The van der Waals surface area contributed by atoms with Crippen LogP contribution in [0, 0.1) is 6.92 Å². The quantitative estimate of drug-likeness (QED) is 0.725. The van der Waals surface area contributed by atoms with E-state index in [0.717, 1.165) is 5.56 Å². The molecule has 0 radical (unpaired) electrons. The Balaban J connectivity index is 2.69. The van der Waals surface area contributed by atoms with Crippen molar-refractivity contribution in [3.05, 3.63) is 29.6 Å². The highest BCUT2D eigenvalue weighted by Gasteiger charge is 2.08. The van der Waals surface area contributed by atoms with Crippen LogP contribution >= 0.6 is 0 Å². The van der Waals surface area contributed by atoms with Gasteiger partial charge in [-0.25, -0.2) is 9.78 Å². The molecule has 70 valence electrons. The summed E-state index contributed by atoms with van der Waals surface area (Å²) in [6.07, 6.45) is 0. The minimum atomic E-state index is -1.17. The Morgan fingerprint density at radius 3 is 2.79 bits per heavy atom. The normalized spacial score (nSPS) is 10.4. The van der Waals surface area contributed by atoms with Gasteiger partial charge in [-0.1, -0.05) is 6.07 Å². The zero-order chi connectivity index (χ0) is 10.1. The maximum absolute atomic E-state index is 10.6. The van der Waals surface area contributed by atoms with E-state index in [2.05, 4.69) is 15.2 Å². The van der Waals surface area contributed by atoms with Crippen molar-refractivity contribution in [1.29, 1.82) is 0 Å². The van der Waals surface area contributed by atoms with Gasteiger partial charge in [-0.05, 0) is 24.6 Å². The number of carboxylic acids is 1. The van der Waals surface area contributed by atoms with Crippen molar-refractivity contribution >= 4 is 17.0 Å². The number of carbonyl (C=O) groups is 1. The molecular weight excluding hydrogens is 182 g/mol. The summed E-state index contributed by atoms with van der Waals surface area (Å²) in [6, 6.07) is 5.41. The fraction of sp³-hybridized carbons (Fsp3) is 0.111. The first kappa shape index (κ1) is 8.55. The highest BCUT2D eigenvalue weighted by atomic mass is 16.4. The molecule has 0 aliphatic rings. The van der Waals surface area contributed by atoms with Crippen molar-refractivity contribution in [2.75, 3.05) is 0 Å². The summed E-state index contributed by atoms with van der Waals surface area (Å²) in [5.41, 5.74) is 2.16. The van der Waals surface area contributed by atoms with Crippen molar-refractivity contribution in [3.8, 4) is 0 Å². The minimum Gasteiger partial charge on any atom is -0.475 e. The van der Waals surface area contributed by atoms with Gasteiger partial charge in [0.2, 0.25) is 0 Å². The molecule has 0 fully saturated rings. The largest absolute Gasteiger partial charge is 0.475 e. The molecule has 2 rings (SSSR count). The Kier molecular flexibility index (Phi) is 1.85. The van der Waals surface area contributed by atoms with Gasteiger partial charge in [-0.2, -0.15) is 0 Å². The highest BCUT2D eigenvalue weighted by molar-refractivity contribution is 5.85. The monoisotopic (exact) mass is 189 g/mol. The van der Waals surface area contributed by atoms with Crippen LogP contribution in [0.2, 0.25) is 0 Å². The van der Waals surface area contributed by atoms with Crippen LogP contribution in [0.3, 0.4) is 0 Å². The minimum absolute atomic E-state index is 0.275. The third kappa shape index (κ3) is 1.39. The van der Waals surface area contributed by atoms with Crippen molar-refractivity contribution in [2.45, 2.75) is 6.92 Å². The van der Waals surface area contributed by atoms with E-state index < -0.39 is 5.97 Å². The smallest absolute Gasteiger partial charge is 0.375 e. The van der Waals surface area contributed by atoms with Gasteiger partial charge in [0.05, 0.1) is 5.52 Å². The molecule has 5 nitrogen and oxygen atoms in total. The number of nitrogens with zero attached hydrogens (tertiary/aromatic N) is 3. The first-order chi connectivity index (χ1) is 6.66. The van der Waals surface area contributed by atoms with Gasteiger partial charge in [-0.15, -0.1) is 10.2 Å². The molecule has 0 amide bonds. The van der Waals surface area contributed by atoms with Gasteiger partial charge in [-0.3, -0.25) is 0 Å². The Hall–Kier alpha value is -2.04. The molecule has 1 aromatic carbocycles. The lowest BCUT2D eigenvalue weighted by molar-refractivity contribution is 0.0682. The zero-order valence-electron chi connectivity index (χ0n) is 7.43. The third-order valence-electron chi connectivity index (χ3n) is 1.80. The Morgan fingerprint density at radius 1 is 1.29 bits per heavy atom. The van der Waals surface area contributed by atoms with Gasteiger partial charge in [0.1, 0.15) is 5.52 Å². The van der Waals surface area contributed by atoms with E-state index in [1.165, 1.54) is 0 Å². The van der Waals surface area contributed by atoms with Gasteiger partial charge in [0.15, 0.2) is 0 Å². The van der Waals surface area contributed by atoms with Crippen LogP contribution in [0.25, 0.3) is 11.0 Å². The van der Waals surface area contributed by atoms with E-state index in [1.807, 2.05) is 13.0 Å². The van der Waals surface area contributed by atoms with E-state index in [9.17, 15) is 4.79 Å². The molecule has 0 saturated carbocycles. The van der Waals surface area contributed by atoms with E-state index in [4.69, 9.17) is 5.11 Å². The zero-order valence-corrected chi connectivity index (χ0v) is 7.43. The summed E-state index contributed by atoms with van der Waals surface area (Å²) in [5.74, 6) is -1.44. The van der Waals surface area contributed by atoms with Gasteiger partial charge >= 0.3 is 5.97 Å². The molecular formula is C9H7N3O2. The third-order valence-corrected chi connectivity index (χ3v) is 1.80. The lowest BCUT2D eigenvalue weighted by atomic mass is 10.2. The number of benzene rings is 1. The van der Waals surface area contributed by atoms with Crippen LogP contribution in [-0.2, 0) is 0 Å². The van der Waals surface area contributed by atoms with Gasteiger partial charge in [0, 0.05) is 0 Å². The molecule has 0 unspecified atom stereocenters. The summed E-state index contributed by atoms with van der Waals surface area (Å²) in [7, 11) is 0.